The minimum atomic E-state index is 0.180. The molecule has 0 aliphatic carbocycles. The van der Waals surface area contributed by atoms with Gasteiger partial charge in [0.2, 0.25) is 0 Å². The molecule has 1 aromatic rings. The molecule has 0 fully saturated rings. The number of hydrogen-bond acceptors (Lipinski definition) is 4. The van der Waals surface area contributed by atoms with Crippen LogP contribution in [0.4, 0.5) is 0 Å². The topological polar surface area (TPSA) is 47.9 Å². The molecule has 0 aliphatic heterocycles. The number of rotatable bonds is 10. The van der Waals surface area contributed by atoms with E-state index in [2.05, 4.69) is 0 Å². The Morgan fingerprint density at radius 2 is 1.79 bits per heavy atom. The second-order valence-electron chi connectivity index (χ2n) is 4.49. The van der Waals surface area contributed by atoms with Crippen molar-refractivity contribution in [3.05, 3.63) is 29.8 Å². The van der Waals surface area contributed by atoms with E-state index in [0.29, 0.717) is 19.8 Å². The Kier molecular flexibility index (Phi) is 8.21. The lowest BCUT2D eigenvalue weighted by molar-refractivity contribution is 0.0588. The van der Waals surface area contributed by atoms with Gasteiger partial charge in [-0.3, -0.25) is 0 Å². The van der Waals surface area contributed by atoms with Crippen molar-refractivity contribution < 1.29 is 19.3 Å². The number of ether oxygens (including phenoxy) is 3. The standard InChI is InChI=1S/C15H24O4/c1-17-9-10-19-8-7-14(12-16)11-13-3-5-15(18-2)6-4-13/h3-6,14,16H,7-12H2,1-2H3. The monoisotopic (exact) mass is 268 g/mol. The fourth-order valence-electron chi connectivity index (χ4n) is 1.85. The largest absolute Gasteiger partial charge is 0.497 e. The van der Waals surface area contributed by atoms with Crippen molar-refractivity contribution in [1.29, 1.82) is 0 Å². The van der Waals surface area contributed by atoms with Gasteiger partial charge in [0, 0.05) is 20.3 Å². The van der Waals surface area contributed by atoms with Gasteiger partial charge in [0.25, 0.3) is 0 Å². The molecule has 1 rings (SSSR count). The fourth-order valence-corrected chi connectivity index (χ4v) is 1.85. The van der Waals surface area contributed by atoms with Crippen LogP contribution in [0.3, 0.4) is 0 Å². The Bertz CT molecular complexity index is 323. The first-order valence-electron chi connectivity index (χ1n) is 6.60. The summed E-state index contributed by atoms with van der Waals surface area (Å²) in [5.74, 6) is 1.09. The van der Waals surface area contributed by atoms with Crippen LogP contribution in [0.5, 0.6) is 5.75 Å². The van der Waals surface area contributed by atoms with Gasteiger partial charge in [-0.15, -0.1) is 0 Å². The third-order valence-corrected chi connectivity index (χ3v) is 3.04. The maximum Gasteiger partial charge on any atom is 0.118 e. The molecule has 0 amide bonds. The van der Waals surface area contributed by atoms with Gasteiger partial charge in [0.15, 0.2) is 0 Å². The second kappa shape index (κ2) is 9.78. The summed E-state index contributed by atoms with van der Waals surface area (Å²) in [7, 11) is 3.31. The van der Waals surface area contributed by atoms with Gasteiger partial charge in [-0.2, -0.15) is 0 Å². The Morgan fingerprint density at radius 3 is 2.37 bits per heavy atom. The number of methoxy groups -OCH3 is 2. The number of benzene rings is 1. The third kappa shape index (κ3) is 6.57. The van der Waals surface area contributed by atoms with Crippen LogP contribution in [-0.4, -0.2) is 45.8 Å². The minimum Gasteiger partial charge on any atom is -0.497 e. The van der Waals surface area contributed by atoms with Crippen molar-refractivity contribution >= 4 is 0 Å². The van der Waals surface area contributed by atoms with Crippen LogP contribution < -0.4 is 4.74 Å². The van der Waals surface area contributed by atoms with Gasteiger partial charge in [0.05, 0.1) is 20.3 Å². The molecule has 0 spiro atoms. The molecule has 0 aromatic heterocycles. The molecule has 4 nitrogen and oxygen atoms in total. The van der Waals surface area contributed by atoms with Crippen LogP contribution in [0.1, 0.15) is 12.0 Å². The average Bonchev–Trinajstić information content (AvgIpc) is 2.46. The van der Waals surface area contributed by atoms with Crippen molar-refractivity contribution in [3.8, 4) is 5.75 Å². The summed E-state index contributed by atoms with van der Waals surface area (Å²) < 4.78 is 15.5. The van der Waals surface area contributed by atoms with E-state index in [1.54, 1.807) is 14.2 Å². The Morgan fingerprint density at radius 1 is 1.05 bits per heavy atom. The van der Waals surface area contributed by atoms with Crippen molar-refractivity contribution in [2.45, 2.75) is 12.8 Å². The van der Waals surface area contributed by atoms with Crippen LogP contribution in [-0.2, 0) is 15.9 Å². The maximum atomic E-state index is 9.39. The zero-order valence-corrected chi connectivity index (χ0v) is 11.8. The van der Waals surface area contributed by atoms with Crippen molar-refractivity contribution in [2.75, 3.05) is 40.6 Å². The molecule has 19 heavy (non-hydrogen) atoms. The Hall–Kier alpha value is -1.10. The molecule has 0 saturated carbocycles. The van der Waals surface area contributed by atoms with Gasteiger partial charge < -0.3 is 19.3 Å². The van der Waals surface area contributed by atoms with Gasteiger partial charge in [-0.25, -0.2) is 0 Å². The predicted octanol–water partition coefficient (Wildman–Crippen LogP) is 1.90. The molecule has 1 atom stereocenters. The molecule has 0 heterocycles. The van der Waals surface area contributed by atoms with Crippen LogP contribution >= 0.6 is 0 Å². The van der Waals surface area contributed by atoms with Crippen LogP contribution in [0, 0.1) is 5.92 Å². The van der Waals surface area contributed by atoms with E-state index in [9.17, 15) is 5.11 Å². The molecule has 1 unspecified atom stereocenters. The summed E-state index contributed by atoms with van der Waals surface area (Å²) in [6.45, 7) is 2.06. The number of aliphatic hydroxyl groups is 1. The van der Waals surface area contributed by atoms with E-state index in [1.807, 2.05) is 24.3 Å². The quantitative estimate of drug-likeness (QED) is 0.658. The Labute approximate surface area is 115 Å². The van der Waals surface area contributed by atoms with E-state index in [4.69, 9.17) is 14.2 Å². The molecule has 1 aromatic carbocycles. The molecule has 0 saturated heterocycles. The minimum absolute atomic E-state index is 0.180. The summed E-state index contributed by atoms with van der Waals surface area (Å²) in [5, 5.41) is 9.39. The summed E-state index contributed by atoms with van der Waals surface area (Å²) in [6, 6.07) is 7.96. The first kappa shape index (κ1) is 16.0. The lowest BCUT2D eigenvalue weighted by atomic mass is 9.97. The maximum absolute atomic E-state index is 9.39. The molecule has 0 radical (unpaired) electrons. The highest BCUT2D eigenvalue weighted by Gasteiger charge is 2.08. The zero-order chi connectivity index (χ0) is 13.9. The van der Waals surface area contributed by atoms with Crippen LogP contribution in [0.15, 0.2) is 24.3 Å². The van der Waals surface area contributed by atoms with Crippen molar-refractivity contribution in [1.82, 2.24) is 0 Å². The Balaban J connectivity index is 2.30. The first-order valence-corrected chi connectivity index (χ1v) is 6.60. The lowest BCUT2D eigenvalue weighted by Gasteiger charge is -2.14. The van der Waals surface area contributed by atoms with Crippen LogP contribution in [0.2, 0.25) is 0 Å². The molecule has 108 valence electrons. The lowest BCUT2D eigenvalue weighted by Crippen LogP contribution is -2.14. The van der Waals surface area contributed by atoms with Crippen LogP contribution in [0.25, 0.3) is 0 Å². The highest BCUT2D eigenvalue weighted by Crippen LogP contribution is 2.16. The zero-order valence-electron chi connectivity index (χ0n) is 11.8. The molecular weight excluding hydrogens is 244 g/mol. The van der Waals surface area contributed by atoms with E-state index in [1.165, 1.54) is 5.56 Å². The normalized spacial score (nSPS) is 12.4. The van der Waals surface area contributed by atoms with E-state index < -0.39 is 0 Å². The molecule has 1 N–H and O–H groups in total. The predicted molar refractivity (Wildman–Crippen MR) is 74.6 cm³/mol. The summed E-state index contributed by atoms with van der Waals surface area (Å²) in [6.07, 6.45) is 1.71. The molecular formula is C15H24O4. The molecule has 0 bridgehead atoms. The molecule has 4 heteroatoms. The van der Waals surface area contributed by atoms with Gasteiger partial charge in [-0.05, 0) is 36.5 Å². The number of hydrogen-bond donors (Lipinski definition) is 1. The van der Waals surface area contributed by atoms with E-state index in [-0.39, 0.29) is 12.5 Å². The highest BCUT2D eigenvalue weighted by molar-refractivity contribution is 5.27. The van der Waals surface area contributed by atoms with Crippen molar-refractivity contribution in [2.24, 2.45) is 5.92 Å². The SMILES string of the molecule is COCCOCCC(CO)Cc1ccc(OC)cc1. The molecule has 0 aliphatic rings. The second-order valence-corrected chi connectivity index (χ2v) is 4.49. The first-order chi connectivity index (χ1) is 9.30. The third-order valence-electron chi connectivity index (χ3n) is 3.04. The van der Waals surface area contributed by atoms with E-state index in [0.717, 1.165) is 18.6 Å². The van der Waals surface area contributed by atoms with Gasteiger partial charge in [-0.1, -0.05) is 12.1 Å². The number of aliphatic hydroxyl groups excluding tert-OH is 1. The smallest absolute Gasteiger partial charge is 0.118 e. The highest BCUT2D eigenvalue weighted by atomic mass is 16.5. The fraction of sp³-hybridized carbons (Fsp3) is 0.600. The van der Waals surface area contributed by atoms with Gasteiger partial charge in [0.1, 0.15) is 5.75 Å². The summed E-state index contributed by atoms with van der Waals surface area (Å²) >= 11 is 0. The summed E-state index contributed by atoms with van der Waals surface area (Å²) in [5.41, 5.74) is 1.21. The summed E-state index contributed by atoms with van der Waals surface area (Å²) in [4.78, 5) is 0. The average molecular weight is 268 g/mol. The van der Waals surface area contributed by atoms with Crippen molar-refractivity contribution in [3.63, 3.8) is 0 Å². The van der Waals surface area contributed by atoms with Gasteiger partial charge >= 0.3 is 0 Å². The van der Waals surface area contributed by atoms with E-state index >= 15 is 0 Å².